The average molecular weight is 312 g/mol. The van der Waals surface area contributed by atoms with E-state index in [9.17, 15) is 23.4 Å². The Morgan fingerprint density at radius 1 is 1.29 bits per heavy atom. The number of benzene rings is 1. The fourth-order valence-corrected chi connectivity index (χ4v) is 5.26. The number of rotatable bonds is 2. The van der Waals surface area contributed by atoms with E-state index in [1.807, 2.05) is 0 Å². The summed E-state index contributed by atoms with van der Waals surface area (Å²) < 4.78 is 29.0. The molecule has 0 amide bonds. The molecule has 2 heterocycles. The Bertz CT molecular complexity index is 682. The first-order chi connectivity index (χ1) is 9.84. The normalized spacial score (nSPS) is 34.0. The number of aliphatic hydroxyl groups excluding tert-OH is 1. The average Bonchev–Trinajstić information content (AvgIpc) is 2.71. The predicted octanol–water partition coefficient (Wildman–Crippen LogP) is 0.0980. The maximum atomic E-state index is 11.8. The van der Waals surface area contributed by atoms with Crippen molar-refractivity contribution in [3.05, 3.63) is 29.8 Å². The highest BCUT2D eigenvalue weighted by Gasteiger charge is 2.56. The molecular weight excluding hydrogens is 296 g/mol. The van der Waals surface area contributed by atoms with Gasteiger partial charge in [0.25, 0.3) is 0 Å². The second-order valence-corrected chi connectivity index (χ2v) is 7.94. The molecule has 2 aliphatic rings. The standard InChI is InChI=1S/C14H16O6S/c15-11-7-21(18,19)6-10(11)14(13(16)17)5-9-3-1-2-4-12(9)20-8-14/h1-4,10-11,15H,5-8H2,(H,16,17). The van der Waals surface area contributed by atoms with E-state index in [0.717, 1.165) is 5.56 Å². The van der Waals surface area contributed by atoms with Crippen molar-refractivity contribution >= 4 is 15.8 Å². The van der Waals surface area contributed by atoms with Crippen molar-refractivity contribution in [2.24, 2.45) is 11.3 Å². The summed E-state index contributed by atoms with van der Waals surface area (Å²) in [5.74, 6) is -2.06. The van der Waals surface area contributed by atoms with Crippen LogP contribution in [0, 0.1) is 11.3 Å². The second kappa shape index (κ2) is 4.71. The lowest BCUT2D eigenvalue weighted by molar-refractivity contribution is -0.158. The van der Waals surface area contributed by atoms with Crippen molar-refractivity contribution < 1.29 is 28.2 Å². The van der Waals surface area contributed by atoms with Gasteiger partial charge in [-0.25, -0.2) is 8.42 Å². The zero-order valence-corrected chi connectivity index (χ0v) is 12.0. The van der Waals surface area contributed by atoms with Crippen LogP contribution < -0.4 is 4.74 Å². The van der Waals surface area contributed by atoms with Crippen LogP contribution in [0.4, 0.5) is 0 Å². The van der Waals surface area contributed by atoms with Gasteiger partial charge < -0.3 is 14.9 Å². The minimum Gasteiger partial charge on any atom is -0.492 e. The lowest BCUT2D eigenvalue weighted by Gasteiger charge is -2.39. The van der Waals surface area contributed by atoms with Crippen LogP contribution >= 0.6 is 0 Å². The fourth-order valence-electron chi connectivity index (χ4n) is 3.28. The number of hydrogen-bond donors (Lipinski definition) is 2. The molecule has 21 heavy (non-hydrogen) atoms. The Morgan fingerprint density at radius 2 is 2.00 bits per heavy atom. The van der Waals surface area contributed by atoms with Crippen LogP contribution in [0.2, 0.25) is 0 Å². The van der Waals surface area contributed by atoms with Gasteiger partial charge in [-0.2, -0.15) is 0 Å². The zero-order chi connectivity index (χ0) is 15.3. The number of ether oxygens (including phenoxy) is 1. The number of sulfone groups is 1. The summed E-state index contributed by atoms with van der Waals surface area (Å²) in [7, 11) is -3.41. The molecule has 7 heteroatoms. The predicted molar refractivity (Wildman–Crippen MR) is 73.9 cm³/mol. The number of carbonyl (C=O) groups is 1. The molecule has 0 radical (unpaired) electrons. The highest BCUT2D eigenvalue weighted by molar-refractivity contribution is 7.91. The van der Waals surface area contributed by atoms with Crippen molar-refractivity contribution in [1.82, 2.24) is 0 Å². The van der Waals surface area contributed by atoms with Crippen LogP contribution in [0.3, 0.4) is 0 Å². The number of para-hydroxylation sites is 1. The molecule has 6 nitrogen and oxygen atoms in total. The van der Waals surface area contributed by atoms with Crippen molar-refractivity contribution in [3.8, 4) is 5.75 Å². The topological polar surface area (TPSA) is 101 Å². The Hall–Kier alpha value is -1.60. The summed E-state index contributed by atoms with van der Waals surface area (Å²) in [6.07, 6.45) is -1.00. The van der Waals surface area contributed by atoms with Gasteiger partial charge in [0.05, 0.1) is 17.6 Å². The second-order valence-electron chi connectivity index (χ2n) is 5.79. The van der Waals surface area contributed by atoms with E-state index in [1.165, 1.54) is 0 Å². The molecule has 3 atom stereocenters. The Morgan fingerprint density at radius 3 is 2.62 bits per heavy atom. The van der Waals surface area contributed by atoms with Gasteiger partial charge in [0.1, 0.15) is 17.8 Å². The molecule has 0 aliphatic carbocycles. The third kappa shape index (κ3) is 2.30. The molecule has 1 saturated heterocycles. The first-order valence-electron chi connectivity index (χ1n) is 6.67. The van der Waals surface area contributed by atoms with Gasteiger partial charge in [0.2, 0.25) is 0 Å². The van der Waals surface area contributed by atoms with E-state index in [4.69, 9.17) is 4.74 Å². The Labute approximate surface area is 122 Å². The number of aliphatic hydroxyl groups is 1. The largest absolute Gasteiger partial charge is 0.492 e. The van der Waals surface area contributed by atoms with Gasteiger partial charge in [0, 0.05) is 5.92 Å². The maximum Gasteiger partial charge on any atom is 0.313 e. The van der Waals surface area contributed by atoms with Crippen LogP contribution in [0.25, 0.3) is 0 Å². The van der Waals surface area contributed by atoms with Crippen molar-refractivity contribution in [1.29, 1.82) is 0 Å². The highest BCUT2D eigenvalue weighted by Crippen LogP contribution is 2.44. The lowest BCUT2D eigenvalue weighted by Crippen LogP contribution is -2.51. The van der Waals surface area contributed by atoms with E-state index in [-0.39, 0.29) is 24.5 Å². The van der Waals surface area contributed by atoms with Crippen LogP contribution in [0.1, 0.15) is 5.56 Å². The van der Waals surface area contributed by atoms with Crippen molar-refractivity contribution in [3.63, 3.8) is 0 Å². The Kier molecular flexibility index (Phi) is 3.22. The summed E-state index contributed by atoms with van der Waals surface area (Å²) in [4.78, 5) is 11.8. The molecule has 1 aromatic carbocycles. The first-order valence-corrected chi connectivity index (χ1v) is 8.49. The van der Waals surface area contributed by atoms with Crippen LogP contribution in [-0.2, 0) is 21.1 Å². The number of carboxylic acid groups (broad SMARTS) is 1. The van der Waals surface area contributed by atoms with Crippen LogP contribution in [-0.4, -0.2) is 48.8 Å². The molecular formula is C14H16O6S. The van der Waals surface area contributed by atoms with Gasteiger partial charge in [-0.1, -0.05) is 18.2 Å². The summed E-state index contributed by atoms with van der Waals surface area (Å²) in [6.45, 7) is -0.128. The van der Waals surface area contributed by atoms with Crippen LogP contribution in [0.5, 0.6) is 5.75 Å². The molecule has 114 valence electrons. The van der Waals surface area contributed by atoms with E-state index in [0.29, 0.717) is 5.75 Å². The number of aliphatic carboxylic acids is 1. The lowest BCUT2D eigenvalue weighted by atomic mass is 9.69. The molecule has 1 fully saturated rings. The number of fused-ring (bicyclic) bond motifs is 1. The zero-order valence-electron chi connectivity index (χ0n) is 11.2. The molecule has 2 N–H and O–H groups in total. The number of carboxylic acids is 1. The summed E-state index contributed by atoms with van der Waals surface area (Å²) in [5.41, 5.74) is -0.681. The van der Waals surface area contributed by atoms with Gasteiger partial charge >= 0.3 is 5.97 Å². The van der Waals surface area contributed by atoms with Gasteiger partial charge in [0.15, 0.2) is 9.84 Å². The number of hydrogen-bond acceptors (Lipinski definition) is 5. The molecule has 0 aromatic heterocycles. The molecule has 3 unspecified atom stereocenters. The molecule has 2 aliphatic heterocycles. The van der Waals surface area contributed by atoms with Crippen LogP contribution in [0.15, 0.2) is 24.3 Å². The summed E-state index contributed by atoms with van der Waals surface area (Å²) >= 11 is 0. The minimum absolute atomic E-state index is 0.128. The van der Waals surface area contributed by atoms with Gasteiger partial charge in [-0.3, -0.25) is 4.79 Å². The van der Waals surface area contributed by atoms with E-state index < -0.39 is 33.2 Å². The highest BCUT2D eigenvalue weighted by atomic mass is 32.2. The Balaban J connectivity index is 2.02. The molecule has 0 bridgehead atoms. The summed E-state index contributed by atoms with van der Waals surface area (Å²) in [6, 6.07) is 7.09. The minimum atomic E-state index is -3.41. The molecule has 3 rings (SSSR count). The van der Waals surface area contributed by atoms with Gasteiger partial charge in [-0.05, 0) is 18.1 Å². The van der Waals surface area contributed by atoms with Crippen molar-refractivity contribution in [2.45, 2.75) is 12.5 Å². The van der Waals surface area contributed by atoms with E-state index >= 15 is 0 Å². The smallest absolute Gasteiger partial charge is 0.313 e. The van der Waals surface area contributed by atoms with E-state index in [2.05, 4.69) is 0 Å². The molecule has 0 saturated carbocycles. The quantitative estimate of drug-likeness (QED) is 0.803. The monoisotopic (exact) mass is 312 g/mol. The first kappa shape index (κ1) is 14.3. The molecule has 0 spiro atoms. The van der Waals surface area contributed by atoms with Crippen molar-refractivity contribution in [2.75, 3.05) is 18.1 Å². The maximum absolute atomic E-state index is 11.8. The third-order valence-electron chi connectivity index (χ3n) is 4.42. The summed E-state index contributed by atoms with van der Waals surface area (Å²) in [5, 5.41) is 19.7. The van der Waals surface area contributed by atoms with E-state index in [1.54, 1.807) is 24.3 Å². The molecule has 1 aromatic rings. The SMILES string of the molecule is O=C(O)C1(C2CS(=O)(=O)CC2O)COc2ccccc2C1. The third-order valence-corrected chi connectivity index (χ3v) is 6.14. The fraction of sp³-hybridized carbons (Fsp3) is 0.500. The van der Waals surface area contributed by atoms with Gasteiger partial charge in [-0.15, -0.1) is 0 Å².